The van der Waals surface area contributed by atoms with Gasteiger partial charge in [0.1, 0.15) is 0 Å². The fourth-order valence-electron chi connectivity index (χ4n) is 1.04. The van der Waals surface area contributed by atoms with Crippen molar-refractivity contribution in [3.8, 4) is 0 Å². The third-order valence-corrected chi connectivity index (χ3v) is 1.72. The summed E-state index contributed by atoms with van der Waals surface area (Å²) in [6, 6.07) is 5.46. The number of aliphatic hydroxyl groups is 1. The number of Topliss-reactive ketones (excluding diaryl/α,β-unsaturated/α-hetero) is 1. The first-order valence-corrected chi connectivity index (χ1v) is 4.03. The number of rotatable bonds is 4. The number of nitro benzene ring substituents is 1. The topological polar surface area (TPSA) is 80.4 Å². The molecule has 0 aromatic heterocycles. The van der Waals surface area contributed by atoms with E-state index in [4.69, 9.17) is 5.11 Å². The van der Waals surface area contributed by atoms with Gasteiger partial charge in [-0.3, -0.25) is 14.9 Å². The van der Waals surface area contributed by atoms with Crippen molar-refractivity contribution in [2.24, 2.45) is 0 Å². The molecule has 0 saturated carbocycles. The molecule has 0 aliphatic rings. The average molecular weight is 195 g/mol. The lowest BCUT2D eigenvalue weighted by molar-refractivity contribution is -0.384. The van der Waals surface area contributed by atoms with Gasteiger partial charge >= 0.3 is 0 Å². The molecule has 1 aromatic carbocycles. The summed E-state index contributed by atoms with van der Waals surface area (Å²) < 4.78 is 0. The second kappa shape index (κ2) is 4.48. The molecule has 5 heteroatoms. The minimum absolute atomic E-state index is 0.0127. The van der Waals surface area contributed by atoms with Crippen LogP contribution < -0.4 is 0 Å². The van der Waals surface area contributed by atoms with Crippen molar-refractivity contribution in [1.82, 2.24) is 0 Å². The molecule has 1 N–H and O–H groups in total. The molecule has 5 nitrogen and oxygen atoms in total. The summed E-state index contributed by atoms with van der Waals surface area (Å²) >= 11 is 0. The Labute approximate surface area is 80.1 Å². The standard InChI is InChI=1S/C9H9NO4/c11-5-4-9(12)7-2-1-3-8(6-7)10(13)14/h1-3,6,11H,4-5H2. The fraction of sp³-hybridized carbons (Fsp3) is 0.222. The highest BCUT2D eigenvalue weighted by Crippen LogP contribution is 2.14. The third kappa shape index (κ3) is 2.37. The quantitative estimate of drug-likeness (QED) is 0.444. The average Bonchev–Trinajstić information content (AvgIpc) is 2.18. The molecule has 0 bridgehead atoms. The Kier molecular flexibility index (Phi) is 3.30. The Balaban J connectivity index is 2.93. The molecule has 0 radical (unpaired) electrons. The smallest absolute Gasteiger partial charge is 0.270 e. The number of benzene rings is 1. The highest BCUT2D eigenvalue weighted by molar-refractivity contribution is 5.96. The molecule has 0 fully saturated rings. The van der Waals surface area contributed by atoms with Gasteiger partial charge in [-0.15, -0.1) is 0 Å². The Morgan fingerprint density at radius 3 is 2.79 bits per heavy atom. The monoisotopic (exact) mass is 195 g/mol. The van der Waals surface area contributed by atoms with Crippen molar-refractivity contribution in [2.75, 3.05) is 6.61 Å². The van der Waals surface area contributed by atoms with Crippen LogP contribution in [0.2, 0.25) is 0 Å². The Morgan fingerprint density at radius 2 is 2.21 bits per heavy atom. The van der Waals surface area contributed by atoms with Crippen molar-refractivity contribution in [2.45, 2.75) is 6.42 Å². The number of hydrogen-bond acceptors (Lipinski definition) is 4. The molecule has 1 aromatic rings. The summed E-state index contributed by atoms with van der Waals surface area (Å²) in [4.78, 5) is 21.1. The second-order valence-corrected chi connectivity index (χ2v) is 2.70. The maximum absolute atomic E-state index is 11.2. The van der Waals surface area contributed by atoms with E-state index in [-0.39, 0.29) is 30.1 Å². The molecule has 0 unspecified atom stereocenters. The predicted molar refractivity (Wildman–Crippen MR) is 49.1 cm³/mol. The van der Waals surface area contributed by atoms with Crippen LogP contribution in [0.5, 0.6) is 0 Å². The van der Waals surface area contributed by atoms with Crippen molar-refractivity contribution < 1.29 is 14.8 Å². The Hall–Kier alpha value is -1.75. The molecule has 0 spiro atoms. The summed E-state index contributed by atoms with van der Waals surface area (Å²) in [5, 5.41) is 18.9. The zero-order valence-corrected chi connectivity index (χ0v) is 7.34. The van der Waals surface area contributed by atoms with Gasteiger partial charge < -0.3 is 5.11 Å². The first kappa shape index (κ1) is 10.3. The maximum Gasteiger partial charge on any atom is 0.270 e. The molecule has 0 saturated heterocycles. The van der Waals surface area contributed by atoms with Crippen molar-refractivity contribution >= 4 is 11.5 Å². The van der Waals surface area contributed by atoms with E-state index in [1.165, 1.54) is 24.3 Å². The lowest BCUT2D eigenvalue weighted by Gasteiger charge is -1.97. The van der Waals surface area contributed by atoms with Crippen LogP contribution in [0.15, 0.2) is 24.3 Å². The largest absolute Gasteiger partial charge is 0.396 e. The van der Waals surface area contributed by atoms with E-state index >= 15 is 0 Å². The fourth-order valence-corrected chi connectivity index (χ4v) is 1.04. The summed E-state index contributed by atoms with van der Waals surface area (Å²) in [7, 11) is 0. The third-order valence-electron chi connectivity index (χ3n) is 1.72. The zero-order chi connectivity index (χ0) is 10.6. The van der Waals surface area contributed by atoms with E-state index in [1.807, 2.05) is 0 Å². The van der Waals surface area contributed by atoms with Gasteiger partial charge in [0.05, 0.1) is 11.5 Å². The first-order valence-electron chi connectivity index (χ1n) is 4.03. The van der Waals surface area contributed by atoms with E-state index in [9.17, 15) is 14.9 Å². The Morgan fingerprint density at radius 1 is 1.50 bits per heavy atom. The maximum atomic E-state index is 11.2. The highest BCUT2D eigenvalue weighted by atomic mass is 16.6. The van der Waals surface area contributed by atoms with E-state index in [1.54, 1.807) is 0 Å². The Bertz CT molecular complexity index is 362. The van der Waals surface area contributed by atoms with E-state index in [0.717, 1.165) is 0 Å². The van der Waals surface area contributed by atoms with Gasteiger partial charge in [-0.2, -0.15) is 0 Å². The number of carbonyl (C=O) groups excluding carboxylic acids is 1. The molecule has 14 heavy (non-hydrogen) atoms. The first-order chi connectivity index (χ1) is 6.65. The number of non-ortho nitro benzene ring substituents is 1. The van der Waals surface area contributed by atoms with Gasteiger partial charge in [-0.25, -0.2) is 0 Å². The van der Waals surface area contributed by atoms with Crippen LogP contribution in [0.1, 0.15) is 16.8 Å². The molecule has 0 heterocycles. The molecular weight excluding hydrogens is 186 g/mol. The lowest BCUT2D eigenvalue weighted by Crippen LogP contribution is -2.02. The van der Waals surface area contributed by atoms with Crippen molar-refractivity contribution in [3.63, 3.8) is 0 Å². The van der Waals surface area contributed by atoms with Crippen LogP contribution in [0, 0.1) is 10.1 Å². The summed E-state index contributed by atoms with van der Waals surface area (Å²) in [5.41, 5.74) is 0.141. The van der Waals surface area contributed by atoms with Gasteiger partial charge in [0.25, 0.3) is 5.69 Å². The molecule has 74 valence electrons. The number of carbonyl (C=O) groups is 1. The van der Waals surface area contributed by atoms with Crippen LogP contribution in [-0.2, 0) is 0 Å². The van der Waals surface area contributed by atoms with Crippen LogP contribution in [0.4, 0.5) is 5.69 Å². The van der Waals surface area contributed by atoms with Gasteiger partial charge in [0.2, 0.25) is 0 Å². The molecule has 0 amide bonds. The molecule has 0 aliphatic heterocycles. The SMILES string of the molecule is O=C(CCO)c1cccc([N+](=O)[O-])c1. The highest BCUT2D eigenvalue weighted by Gasteiger charge is 2.10. The molecule has 0 aliphatic carbocycles. The number of nitrogens with zero attached hydrogens (tertiary/aromatic N) is 1. The zero-order valence-electron chi connectivity index (χ0n) is 7.34. The van der Waals surface area contributed by atoms with Gasteiger partial charge in [-0.05, 0) is 0 Å². The van der Waals surface area contributed by atoms with Crippen molar-refractivity contribution in [3.05, 3.63) is 39.9 Å². The number of ketones is 1. The predicted octanol–water partition coefficient (Wildman–Crippen LogP) is 1.16. The number of aliphatic hydroxyl groups excluding tert-OH is 1. The van der Waals surface area contributed by atoms with Gasteiger partial charge in [0, 0.05) is 24.1 Å². The second-order valence-electron chi connectivity index (χ2n) is 2.70. The molecule has 0 atom stereocenters. The van der Waals surface area contributed by atoms with Crippen LogP contribution in [-0.4, -0.2) is 22.4 Å². The van der Waals surface area contributed by atoms with Crippen LogP contribution in [0.25, 0.3) is 0 Å². The summed E-state index contributed by atoms with van der Waals surface area (Å²) in [5.74, 6) is -0.295. The van der Waals surface area contributed by atoms with E-state index < -0.39 is 4.92 Å². The van der Waals surface area contributed by atoms with Gasteiger partial charge in [0.15, 0.2) is 5.78 Å². The minimum atomic E-state index is -0.560. The lowest BCUT2D eigenvalue weighted by atomic mass is 10.1. The van der Waals surface area contributed by atoms with Crippen LogP contribution in [0.3, 0.4) is 0 Å². The van der Waals surface area contributed by atoms with Crippen LogP contribution >= 0.6 is 0 Å². The van der Waals surface area contributed by atoms with E-state index in [0.29, 0.717) is 0 Å². The summed E-state index contributed by atoms with van der Waals surface area (Å²) in [6.45, 7) is -0.248. The van der Waals surface area contributed by atoms with Crippen molar-refractivity contribution in [1.29, 1.82) is 0 Å². The summed E-state index contributed by atoms with van der Waals surface area (Å²) in [6.07, 6.45) is -0.0127. The molecular formula is C9H9NO4. The number of hydrogen-bond donors (Lipinski definition) is 1. The van der Waals surface area contributed by atoms with E-state index in [2.05, 4.69) is 0 Å². The molecule has 1 rings (SSSR count). The van der Waals surface area contributed by atoms with Gasteiger partial charge in [-0.1, -0.05) is 12.1 Å². The number of nitro groups is 1. The normalized spacial score (nSPS) is 9.79. The minimum Gasteiger partial charge on any atom is -0.396 e.